The molecule has 0 fully saturated rings. The summed E-state index contributed by atoms with van der Waals surface area (Å²) in [5.74, 6) is 0.627. The Morgan fingerprint density at radius 3 is 2.73 bits per heavy atom. The van der Waals surface area contributed by atoms with Crippen LogP contribution in [0.1, 0.15) is 40.1 Å². The summed E-state index contributed by atoms with van der Waals surface area (Å²) in [6, 6.07) is 16.8. The summed E-state index contributed by atoms with van der Waals surface area (Å²) >= 11 is 3.18. The van der Waals surface area contributed by atoms with Crippen LogP contribution >= 0.6 is 23.1 Å². The maximum absolute atomic E-state index is 12.7. The second-order valence-corrected chi connectivity index (χ2v) is 7.43. The van der Waals surface area contributed by atoms with Crippen LogP contribution in [0.3, 0.4) is 0 Å². The number of carbonyl (C=O) groups is 1. The molecule has 0 saturated heterocycles. The minimum atomic E-state index is -0.146. The van der Waals surface area contributed by atoms with Gasteiger partial charge in [0.15, 0.2) is 0 Å². The lowest BCUT2D eigenvalue weighted by Crippen LogP contribution is -2.27. The molecule has 1 heterocycles. The molecule has 0 spiro atoms. The molecule has 0 radical (unpaired) electrons. The van der Waals surface area contributed by atoms with E-state index in [1.54, 1.807) is 35.2 Å². The number of nitrogens with zero attached hydrogens (tertiary/aromatic N) is 2. The topological polar surface area (TPSA) is 65.8 Å². The lowest BCUT2D eigenvalue weighted by atomic mass is 10.1. The Bertz CT molecular complexity index is 915. The van der Waals surface area contributed by atoms with Crippen molar-refractivity contribution >= 4 is 29.0 Å². The maximum Gasteiger partial charge on any atom is 0.252 e. The van der Waals surface area contributed by atoms with Crippen LogP contribution in [0.25, 0.3) is 0 Å². The molecular formula is C20H17N3OS2. The number of thiazole rings is 1. The van der Waals surface area contributed by atoms with Gasteiger partial charge in [0, 0.05) is 16.0 Å². The van der Waals surface area contributed by atoms with E-state index in [0.29, 0.717) is 11.1 Å². The minimum Gasteiger partial charge on any atom is -0.345 e. The monoisotopic (exact) mass is 379 g/mol. The van der Waals surface area contributed by atoms with Gasteiger partial charge in [0.05, 0.1) is 34.4 Å². The highest BCUT2D eigenvalue weighted by Gasteiger charge is 2.15. The lowest BCUT2D eigenvalue weighted by Gasteiger charge is -2.16. The van der Waals surface area contributed by atoms with E-state index in [1.807, 2.05) is 54.2 Å². The van der Waals surface area contributed by atoms with Gasteiger partial charge in [0.2, 0.25) is 0 Å². The fraction of sp³-hybridized carbons (Fsp3) is 0.150. The average Bonchev–Trinajstić information content (AvgIpc) is 3.20. The van der Waals surface area contributed by atoms with Crippen molar-refractivity contribution in [2.75, 3.05) is 0 Å². The third-order valence-corrected chi connectivity index (χ3v) is 5.62. The molecule has 0 aliphatic rings. The van der Waals surface area contributed by atoms with E-state index < -0.39 is 0 Å². The Morgan fingerprint density at radius 2 is 2.04 bits per heavy atom. The molecule has 1 amide bonds. The Kier molecular flexibility index (Phi) is 6.05. The number of carbonyl (C=O) groups excluding carboxylic acids is 1. The quantitative estimate of drug-likeness (QED) is 0.625. The zero-order chi connectivity index (χ0) is 18.4. The molecule has 4 nitrogen and oxygen atoms in total. The van der Waals surface area contributed by atoms with Gasteiger partial charge in [-0.05, 0) is 36.8 Å². The molecule has 3 aromatic rings. The smallest absolute Gasteiger partial charge is 0.252 e. The molecule has 1 unspecified atom stereocenters. The number of hydrogen-bond donors (Lipinski definition) is 1. The molecule has 3 rings (SSSR count). The molecule has 26 heavy (non-hydrogen) atoms. The van der Waals surface area contributed by atoms with Crippen LogP contribution in [0.15, 0.2) is 64.3 Å². The van der Waals surface area contributed by atoms with Crippen molar-refractivity contribution < 1.29 is 4.79 Å². The van der Waals surface area contributed by atoms with Crippen molar-refractivity contribution in [2.24, 2.45) is 0 Å². The predicted octanol–water partition coefficient (Wildman–Crippen LogP) is 4.80. The van der Waals surface area contributed by atoms with Gasteiger partial charge in [-0.1, -0.05) is 24.3 Å². The van der Waals surface area contributed by atoms with Gasteiger partial charge in [-0.2, -0.15) is 5.26 Å². The highest BCUT2D eigenvalue weighted by atomic mass is 32.2. The largest absolute Gasteiger partial charge is 0.345 e. The Balaban J connectivity index is 1.69. The van der Waals surface area contributed by atoms with E-state index >= 15 is 0 Å². The molecule has 1 aromatic heterocycles. The highest BCUT2D eigenvalue weighted by Crippen LogP contribution is 2.27. The number of thioether (sulfide) groups is 1. The van der Waals surface area contributed by atoms with Crippen LogP contribution in [-0.4, -0.2) is 10.9 Å². The summed E-state index contributed by atoms with van der Waals surface area (Å²) in [5, 5.41) is 13.9. The standard InChI is InChI=1S/C20H17N3OS2/c1-14(16-8-6-15(10-21)7-9-16)23-20(24)18-4-2-3-5-19(18)26-12-17-11-25-13-22-17/h2-9,11,13-14H,12H2,1H3,(H,23,24). The fourth-order valence-electron chi connectivity index (χ4n) is 2.44. The van der Waals surface area contributed by atoms with E-state index in [-0.39, 0.29) is 11.9 Å². The van der Waals surface area contributed by atoms with Gasteiger partial charge < -0.3 is 5.32 Å². The summed E-state index contributed by atoms with van der Waals surface area (Å²) in [4.78, 5) is 18.0. The summed E-state index contributed by atoms with van der Waals surface area (Å²) in [6.07, 6.45) is 0. The van der Waals surface area contributed by atoms with Gasteiger partial charge in [-0.25, -0.2) is 4.98 Å². The zero-order valence-corrected chi connectivity index (χ0v) is 15.8. The Hall–Kier alpha value is -2.62. The number of rotatable bonds is 6. The van der Waals surface area contributed by atoms with Crippen LogP contribution < -0.4 is 5.32 Å². The first-order valence-electron chi connectivity index (χ1n) is 8.07. The number of nitrogens with one attached hydrogen (secondary N) is 1. The van der Waals surface area contributed by atoms with Crippen LogP contribution in [0.5, 0.6) is 0 Å². The SMILES string of the molecule is CC(NC(=O)c1ccccc1SCc1cscn1)c1ccc(C#N)cc1. The van der Waals surface area contributed by atoms with Crippen LogP contribution in [0, 0.1) is 11.3 Å². The fourth-order valence-corrected chi connectivity index (χ4v) is 4.06. The Labute approximate surface area is 160 Å². The number of hydrogen-bond acceptors (Lipinski definition) is 5. The second-order valence-electron chi connectivity index (χ2n) is 5.69. The van der Waals surface area contributed by atoms with Crippen molar-refractivity contribution in [2.45, 2.75) is 23.6 Å². The molecule has 0 saturated carbocycles. The summed E-state index contributed by atoms with van der Waals surface area (Å²) in [6.45, 7) is 1.93. The molecule has 0 aliphatic carbocycles. The average molecular weight is 380 g/mol. The van der Waals surface area contributed by atoms with Gasteiger partial charge in [0.25, 0.3) is 5.91 Å². The lowest BCUT2D eigenvalue weighted by molar-refractivity contribution is 0.0937. The minimum absolute atomic E-state index is 0.108. The Morgan fingerprint density at radius 1 is 1.27 bits per heavy atom. The number of nitriles is 1. The van der Waals surface area contributed by atoms with E-state index in [0.717, 1.165) is 21.9 Å². The van der Waals surface area contributed by atoms with E-state index in [9.17, 15) is 4.79 Å². The summed E-state index contributed by atoms with van der Waals surface area (Å²) in [5.41, 5.74) is 5.06. The maximum atomic E-state index is 12.7. The van der Waals surface area contributed by atoms with E-state index in [2.05, 4.69) is 16.4 Å². The summed E-state index contributed by atoms with van der Waals surface area (Å²) in [7, 11) is 0. The normalized spacial score (nSPS) is 11.5. The molecule has 1 atom stereocenters. The molecule has 6 heteroatoms. The van der Waals surface area contributed by atoms with Crippen LogP contribution in [-0.2, 0) is 5.75 Å². The number of amides is 1. The van der Waals surface area contributed by atoms with Crippen LogP contribution in [0.4, 0.5) is 0 Å². The third kappa shape index (κ3) is 4.51. The van der Waals surface area contributed by atoms with E-state index in [4.69, 9.17) is 5.26 Å². The van der Waals surface area contributed by atoms with Gasteiger partial charge >= 0.3 is 0 Å². The second kappa shape index (κ2) is 8.65. The van der Waals surface area contributed by atoms with Gasteiger partial charge in [0.1, 0.15) is 0 Å². The summed E-state index contributed by atoms with van der Waals surface area (Å²) < 4.78 is 0. The molecule has 0 aliphatic heterocycles. The molecule has 0 bridgehead atoms. The van der Waals surface area contributed by atoms with Crippen molar-refractivity contribution in [3.8, 4) is 6.07 Å². The van der Waals surface area contributed by atoms with Crippen molar-refractivity contribution in [1.29, 1.82) is 5.26 Å². The first kappa shape index (κ1) is 18.2. The molecule has 2 aromatic carbocycles. The first-order valence-corrected chi connectivity index (χ1v) is 10.00. The van der Waals surface area contributed by atoms with Gasteiger partial charge in [-0.15, -0.1) is 23.1 Å². The predicted molar refractivity (Wildman–Crippen MR) is 105 cm³/mol. The molecular weight excluding hydrogens is 362 g/mol. The molecule has 130 valence electrons. The van der Waals surface area contributed by atoms with E-state index in [1.165, 1.54) is 0 Å². The molecule has 1 N–H and O–H groups in total. The van der Waals surface area contributed by atoms with Gasteiger partial charge in [-0.3, -0.25) is 4.79 Å². The number of aromatic nitrogens is 1. The zero-order valence-electron chi connectivity index (χ0n) is 14.2. The van der Waals surface area contributed by atoms with Crippen molar-refractivity contribution in [1.82, 2.24) is 10.3 Å². The first-order chi connectivity index (χ1) is 12.7. The number of benzene rings is 2. The van der Waals surface area contributed by atoms with Crippen LogP contribution in [0.2, 0.25) is 0 Å². The van der Waals surface area contributed by atoms with Crippen molar-refractivity contribution in [3.63, 3.8) is 0 Å². The van der Waals surface area contributed by atoms with Crippen molar-refractivity contribution in [3.05, 3.63) is 81.8 Å². The highest BCUT2D eigenvalue weighted by molar-refractivity contribution is 7.98. The third-order valence-electron chi connectivity index (χ3n) is 3.88.